The van der Waals surface area contributed by atoms with Crippen LogP contribution in [0.5, 0.6) is 5.75 Å². The topological polar surface area (TPSA) is 76.9 Å². The van der Waals surface area contributed by atoms with Gasteiger partial charge in [-0.25, -0.2) is 4.98 Å². The van der Waals surface area contributed by atoms with Gasteiger partial charge in [-0.2, -0.15) is 0 Å². The standard InChI is InChI=1S/C33H48N6O2/c1-7-10-30(38-21-23(3)34-24(4)22-38)31-35-29-20-26(13-14-28(29)32(41)39(31)8-2)37-17-15-33(16-18-37,36(5)6)25-11-9-12-27(40)19-25/h9,11-14,19-20,23-24,30,34,40H,7-8,10,15-18,21-22H2,1-6H3/t23-,24+,30?. The van der Waals surface area contributed by atoms with Gasteiger partial charge in [-0.3, -0.25) is 19.2 Å². The molecule has 2 N–H and O–H groups in total. The van der Waals surface area contributed by atoms with Gasteiger partial charge in [-0.15, -0.1) is 0 Å². The molecule has 3 heterocycles. The molecule has 2 saturated heterocycles. The third-order valence-corrected chi connectivity index (χ3v) is 9.37. The van der Waals surface area contributed by atoms with Crippen LogP contribution in [0, 0.1) is 0 Å². The van der Waals surface area contributed by atoms with E-state index in [2.05, 4.69) is 80.0 Å². The molecule has 0 amide bonds. The van der Waals surface area contributed by atoms with E-state index in [1.54, 1.807) is 6.07 Å². The van der Waals surface area contributed by atoms with E-state index in [0.717, 1.165) is 74.5 Å². The van der Waals surface area contributed by atoms with E-state index in [1.807, 2.05) is 22.8 Å². The molecule has 2 aliphatic rings. The molecular weight excluding hydrogens is 512 g/mol. The molecule has 0 aliphatic carbocycles. The van der Waals surface area contributed by atoms with Crippen molar-refractivity contribution in [3.8, 4) is 5.75 Å². The Morgan fingerprint density at radius 3 is 2.39 bits per heavy atom. The van der Waals surface area contributed by atoms with Crippen molar-refractivity contribution >= 4 is 16.6 Å². The molecule has 222 valence electrons. The number of hydrogen-bond donors (Lipinski definition) is 2. The van der Waals surface area contributed by atoms with Crippen molar-refractivity contribution in [2.75, 3.05) is 45.2 Å². The number of phenols is 1. The number of aromatic hydroxyl groups is 1. The Morgan fingerprint density at radius 2 is 1.78 bits per heavy atom. The quantitative estimate of drug-likeness (QED) is 0.414. The minimum absolute atomic E-state index is 0.0607. The van der Waals surface area contributed by atoms with Crippen molar-refractivity contribution in [2.24, 2.45) is 0 Å². The molecule has 0 saturated carbocycles. The summed E-state index contributed by atoms with van der Waals surface area (Å²) in [5.41, 5.74) is 3.00. The molecule has 1 unspecified atom stereocenters. The maximum absolute atomic E-state index is 13.8. The second kappa shape index (κ2) is 12.1. The molecule has 2 aliphatic heterocycles. The number of nitrogens with one attached hydrogen (secondary N) is 1. The molecular formula is C33H48N6O2. The number of benzene rings is 2. The van der Waals surface area contributed by atoms with Gasteiger partial charge in [0.2, 0.25) is 0 Å². The molecule has 8 nitrogen and oxygen atoms in total. The number of nitrogens with zero attached hydrogens (tertiary/aromatic N) is 5. The molecule has 3 aromatic rings. The van der Waals surface area contributed by atoms with Gasteiger partial charge in [0.1, 0.15) is 11.6 Å². The highest BCUT2D eigenvalue weighted by atomic mass is 16.3. The number of piperidine rings is 1. The molecule has 2 aromatic carbocycles. The Bertz CT molecular complexity index is 1400. The molecule has 1 aromatic heterocycles. The van der Waals surface area contributed by atoms with Gasteiger partial charge < -0.3 is 15.3 Å². The van der Waals surface area contributed by atoms with E-state index in [-0.39, 0.29) is 17.1 Å². The fourth-order valence-corrected chi connectivity index (χ4v) is 7.28. The highest BCUT2D eigenvalue weighted by Crippen LogP contribution is 2.40. The van der Waals surface area contributed by atoms with E-state index in [0.29, 0.717) is 29.8 Å². The van der Waals surface area contributed by atoms with Crippen LogP contribution in [0.4, 0.5) is 5.69 Å². The smallest absolute Gasteiger partial charge is 0.261 e. The number of aromatic nitrogens is 2. The summed E-state index contributed by atoms with van der Waals surface area (Å²) < 4.78 is 1.90. The predicted octanol–water partition coefficient (Wildman–Crippen LogP) is 4.70. The fraction of sp³-hybridized carbons (Fsp3) is 0.576. The highest BCUT2D eigenvalue weighted by Gasteiger charge is 2.38. The maximum Gasteiger partial charge on any atom is 0.261 e. The first-order valence-corrected chi connectivity index (χ1v) is 15.4. The van der Waals surface area contributed by atoms with Crippen molar-refractivity contribution in [1.29, 1.82) is 0 Å². The third-order valence-electron chi connectivity index (χ3n) is 9.37. The molecule has 2 fully saturated rings. The summed E-state index contributed by atoms with van der Waals surface area (Å²) in [5, 5.41) is 14.5. The lowest BCUT2D eigenvalue weighted by Gasteiger charge is -2.47. The van der Waals surface area contributed by atoms with Gasteiger partial charge in [0, 0.05) is 56.0 Å². The zero-order valence-corrected chi connectivity index (χ0v) is 25.7. The molecule has 5 rings (SSSR count). The van der Waals surface area contributed by atoms with E-state index in [4.69, 9.17) is 4.98 Å². The lowest BCUT2D eigenvalue weighted by Crippen LogP contribution is -2.55. The average molecular weight is 561 g/mol. The van der Waals surface area contributed by atoms with Gasteiger partial charge in [-0.1, -0.05) is 25.5 Å². The lowest BCUT2D eigenvalue weighted by atomic mass is 9.79. The summed E-state index contributed by atoms with van der Waals surface area (Å²) >= 11 is 0. The minimum Gasteiger partial charge on any atom is -0.508 e. The Morgan fingerprint density at radius 1 is 1.07 bits per heavy atom. The molecule has 0 radical (unpaired) electrons. The van der Waals surface area contributed by atoms with E-state index >= 15 is 0 Å². The van der Waals surface area contributed by atoms with Crippen LogP contribution < -0.4 is 15.8 Å². The normalized spacial score (nSPS) is 22.4. The third kappa shape index (κ3) is 5.74. The second-order valence-electron chi connectivity index (χ2n) is 12.4. The van der Waals surface area contributed by atoms with E-state index in [9.17, 15) is 9.90 Å². The summed E-state index contributed by atoms with van der Waals surface area (Å²) in [6.07, 6.45) is 3.89. The minimum atomic E-state index is -0.128. The van der Waals surface area contributed by atoms with Crippen molar-refractivity contribution in [3.05, 3.63) is 64.2 Å². The molecule has 0 bridgehead atoms. The van der Waals surface area contributed by atoms with Gasteiger partial charge in [0.15, 0.2) is 0 Å². The van der Waals surface area contributed by atoms with E-state index < -0.39 is 0 Å². The number of hydrogen-bond acceptors (Lipinski definition) is 7. The first-order valence-electron chi connectivity index (χ1n) is 15.4. The van der Waals surface area contributed by atoms with Crippen LogP contribution in [0.3, 0.4) is 0 Å². The van der Waals surface area contributed by atoms with Gasteiger partial charge in [0.25, 0.3) is 5.56 Å². The van der Waals surface area contributed by atoms with Crippen molar-refractivity contribution in [2.45, 2.75) is 83.6 Å². The van der Waals surface area contributed by atoms with Crippen LogP contribution >= 0.6 is 0 Å². The Labute approximate surface area is 245 Å². The van der Waals surface area contributed by atoms with Crippen LogP contribution in [0.15, 0.2) is 47.3 Å². The monoisotopic (exact) mass is 560 g/mol. The molecule has 3 atom stereocenters. The first-order chi connectivity index (χ1) is 19.7. The number of phenolic OH excluding ortho intramolecular Hbond substituents is 1. The Kier molecular flexibility index (Phi) is 8.73. The zero-order chi connectivity index (χ0) is 29.3. The van der Waals surface area contributed by atoms with Crippen molar-refractivity contribution in [1.82, 2.24) is 24.7 Å². The number of anilines is 1. The van der Waals surface area contributed by atoms with Crippen LogP contribution in [0.2, 0.25) is 0 Å². The fourth-order valence-electron chi connectivity index (χ4n) is 7.28. The summed E-state index contributed by atoms with van der Waals surface area (Å²) in [4.78, 5) is 26.3. The van der Waals surface area contributed by atoms with Gasteiger partial charge in [0.05, 0.1) is 16.9 Å². The molecule has 41 heavy (non-hydrogen) atoms. The SMILES string of the molecule is CCCC(c1nc2cc(N3CCC(c4cccc(O)c4)(N(C)C)CC3)ccc2c(=O)n1CC)N1C[C@@H](C)N[C@@H](C)C1. The summed E-state index contributed by atoms with van der Waals surface area (Å²) in [6, 6.07) is 14.8. The van der Waals surface area contributed by atoms with E-state index in [1.165, 1.54) is 0 Å². The average Bonchev–Trinajstić information content (AvgIpc) is 2.95. The van der Waals surface area contributed by atoms with Crippen LogP contribution in [0.1, 0.15) is 70.8 Å². The molecule has 0 spiro atoms. The number of fused-ring (bicyclic) bond motifs is 1. The lowest BCUT2D eigenvalue weighted by molar-refractivity contribution is 0.109. The summed E-state index contributed by atoms with van der Waals surface area (Å²) in [5.74, 6) is 1.21. The number of piperazine rings is 1. The summed E-state index contributed by atoms with van der Waals surface area (Å²) in [7, 11) is 4.26. The van der Waals surface area contributed by atoms with Crippen LogP contribution in [-0.2, 0) is 12.1 Å². The Balaban J connectivity index is 1.48. The Hall–Kier alpha value is -2.94. The molecule has 8 heteroatoms. The number of rotatable bonds is 8. The van der Waals surface area contributed by atoms with Gasteiger partial charge in [-0.05, 0) is 90.0 Å². The first kappa shape index (κ1) is 29.5. The maximum atomic E-state index is 13.8. The van der Waals surface area contributed by atoms with Crippen LogP contribution in [-0.4, -0.2) is 76.8 Å². The largest absolute Gasteiger partial charge is 0.508 e. The zero-order valence-electron chi connectivity index (χ0n) is 25.7. The predicted molar refractivity (Wildman–Crippen MR) is 168 cm³/mol. The van der Waals surface area contributed by atoms with Crippen LogP contribution in [0.25, 0.3) is 10.9 Å². The van der Waals surface area contributed by atoms with Crippen molar-refractivity contribution < 1.29 is 5.11 Å². The second-order valence-corrected chi connectivity index (χ2v) is 12.4. The van der Waals surface area contributed by atoms with Crippen molar-refractivity contribution in [3.63, 3.8) is 0 Å². The highest BCUT2D eigenvalue weighted by molar-refractivity contribution is 5.82. The summed E-state index contributed by atoms with van der Waals surface area (Å²) in [6.45, 7) is 13.0. The van der Waals surface area contributed by atoms with Gasteiger partial charge >= 0.3 is 0 Å².